The average Bonchev–Trinajstić information content (AvgIpc) is 2.19. The summed E-state index contributed by atoms with van der Waals surface area (Å²) in [4.78, 5) is 0. The van der Waals surface area contributed by atoms with Crippen LogP contribution in [0.3, 0.4) is 0 Å². The van der Waals surface area contributed by atoms with Crippen LogP contribution in [0.5, 0.6) is 5.75 Å². The van der Waals surface area contributed by atoms with Crippen LogP contribution in [0.25, 0.3) is 0 Å². The number of hydrogen-bond donors (Lipinski definition) is 2. The van der Waals surface area contributed by atoms with E-state index in [0.717, 1.165) is 17.5 Å². The van der Waals surface area contributed by atoms with Crippen LogP contribution >= 0.6 is 11.6 Å². The second-order valence-corrected chi connectivity index (χ2v) is 3.88. The first-order valence-corrected chi connectivity index (χ1v) is 5.10. The molecular formula is C11H15ClO2. The van der Waals surface area contributed by atoms with Crippen molar-refractivity contribution in [2.75, 3.05) is 6.61 Å². The molecule has 0 saturated heterocycles. The fourth-order valence-corrected chi connectivity index (χ4v) is 1.67. The maximum absolute atomic E-state index is 9.85. The SMILES string of the molecule is CCc1cc(Cl)cc(C(C)CO)c1O. The fourth-order valence-electron chi connectivity index (χ4n) is 1.42. The topological polar surface area (TPSA) is 40.5 Å². The molecule has 0 saturated carbocycles. The number of phenolic OH excluding ortho intramolecular Hbond substituents is 1. The largest absolute Gasteiger partial charge is 0.507 e. The van der Waals surface area contributed by atoms with Crippen LogP contribution in [-0.4, -0.2) is 16.8 Å². The zero-order valence-electron chi connectivity index (χ0n) is 8.42. The second kappa shape index (κ2) is 4.67. The molecule has 0 spiro atoms. The molecule has 3 heteroatoms. The molecule has 0 bridgehead atoms. The van der Waals surface area contributed by atoms with E-state index in [4.69, 9.17) is 16.7 Å². The van der Waals surface area contributed by atoms with Gasteiger partial charge in [-0.25, -0.2) is 0 Å². The monoisotopic (exact) mass is 214 g/mol. The number of phenols is 1. The molecule has 78 valence electrons. The predicted octanol–water partition coefficient (Wildman–Crippen LogP) is 2.70. The Balaban J connectivity index is 3.21. The third-order valence-electron chi connectivity index (χ3n) is 2.37. The van der Waals surface area contributed by atoms with Crippen molar-refractivity contribution >= 4 is 11.6 Å². The van der Waals surface area contributed by atoms with E-state index >= 15 is 0 Å². The number of aliphatic hydroxyl groups is 1. The van der Waals surface area contributed by atoms with Crippen molar-refractivity contribution in [3.8, 4) is 5.75 Å². The summed E-state index contributed by atoms with van der Waals surface area (Å²) in [5.41, 5.74) is 1.55. The highest BCUT2D eigenvalue weighted by molar-refractivity contribution is 6.30. The van der Waals surface area contributed by atoms with Crippen molar-refractivity contribution in [3.63, 3.8) is 0 Å². The molecule has 0 aromatic heterocycles. The summed E-state index contributed by atoms with van der Waals surface area (Å²) in [6, 6.07) is 3.46. The number of aliphatic hydroxyl groups excluding tert-OH is 1. The summed E-state index contributed by atoms with van der Waals surface area (Å²) in [5, 5.41) is 19.5. The Hall–Kier alpha value is -0.730. The Kier molecular flexibility index (Phi) is 3.78. The van der Waals surface area contributed by atoms with E-state index < -0.39 is 0 Å². The van der Waals surface area contributed by atoms with E-state index in [9.17, 15) is 5.11 Å². The minimum atomic E-state index is -0.0843. The van der Waals surface area contributed by atoms with Gasteiger partial charge in [-0.15, -0.1) is 0 Å². The minimum Gasteiger partial charge on any atom is -0.507 e. The Bertz CT molecular complexity index is 323. The highest BCUT2D eigenvalue weighted by Gasteiger charge is 2.13. The first-order valence-electron chi connectivity index (χ1n) is 4.72. The van der Waals surface area contributed by atoms with Gasteiger partial charge in [0.05, 0.1) is 0 Å². The Morgan fingerprint density at radius 1 is 1.43 bits per heavy atom. The molecule has 1 rings (SSSR count). The lowest BCUT2D eigenvalue weighted by Gasteiger charge is -2.13. The van der Waals surface area contributed by atoms with Crippen LogP contribution in [0.15, 0.2) is 12.1 Å². The lowest BCUT2D eigenvalue weighted by molar-refractivity contribution is 0.270. The van der Waals surface area contributed by atoms with Gasteiger partial charge < -0.3 is 10.2 Å². The van der Waals surface area contributed by atoms with E-state index in [-0.39, 0.29) is 18.3 Å². The molecule has 14 heavy (non-hydrogen) atoms. The summed E-state index contributed by atoms with van der Waals surface area (Å²) >= 11 is 5.91. The summed E-state index contributed by atoms with van der Waals surface area (Å²) in [6.45, 7) is 3.82. The average molecular weight is 215 g/mol. The molecule has 0 aliphatic rings. The quantitative estimate of drug-likeness (QED) is 0.812. The van der Waals surface area contributed by atoms with Crippen LogP contribution in [0.1, 0.15) is 30.9 Å². The molecule has 0 radical (unpaired) electrons. The van der Waals surface area contributed by atoms with Crippen LogP contribution in [0.4, 0.5) is 0 Å². The Labute approximate surface area is 89.1 Å². The molecule has 0 fully saturated rings. The molecule has 1 aromatic carbocycles. The van der Waals surface area contributed by atoms with Gasteiger partial charge >= 0.3 is 0 Å². The third-order valence-corrected chi connectivity index (χ3v) is 2.59. The molecule has 1 aromatic rings. The molecule has 0 aliphatic heterocycles. The first kappa shape index (κ1) is 11.3. The van der Waals surface area contributed by atoms with Crippen LogP contribution in [0, 0.1) is 0 Å². The summed E-state index contributed by atoms with van der Waals surface area (Å²) in [6.07, 6.45) is 0.734. The molecule has 2 nitrogen and oxygen atoms in total. The van der Waals surface area contributed by atoms with Gasteiger partial charge in [-0.05, 0) is 24.1 Å². The number of hydrogen-bond acceptors (Lipinski definition) is 2. The van der Waals surface area contributed by atoms with Gasteiger partial charge in [0.15, 0.2) is 0 Å². The number of aryl methyl sites for hydroxylation is 1. The minimum absolute atomic E-state index is 0.0110. The van der Waals surface area contributed by atoms with Crippen molar-refractivity contribution in [1.29, 1.82) is 0 Å². The van der Waals surface area contributed by atoms with Gasteiger partial charge in [0.25, 0.3) is 0 Å². The molecule has 1 unspecified atom stereocenters. The third kappa shape index (κ3) is 2.20. The number of halogens is 1. The number of rotatable bonds is 3. The van der Waals surface area contributed by atoms with Crippen molar-refractivity contribution in [2.45, 2.75) is 26.2 Å². The first-order chi connectivity index (χ1) is 6.60. The van der Waals surface area contributed by atoms with Crippen molar-refractivity contribution < 1.29 is 10.2 Å². The van der Waals surface area contributed by atoms with Crippen molar-refractivity contribution in [3.05, 3.63) is 28.3 Å². The highest BCUT2D eigenvalue weighted by atomic mass is 35.5. The van der Waals surface area contributed by atoms with E-state index in [1.807, 2.05) is 13.8 Å². The van der Waals surface area contributed by atoms with Gasteiger partial charge in [0, 0.05) is 23.1 Å². The van der Waals surface area contributed by atoms with Gasteiger partial charge in [0.2, 0.25) is 0 Å². The van der Waals surface area contributed by atoms with E-state index in [2.05, 4.69) is 0 Å². The van der Waals surface area contributed by atoms with E-state index in [1.165, 1.54) is 0 Å². The summed E-state index contributed by atoms with van der Waals surface area (Å²) in [7, 11) is 0. The van der Waals surface area contributed by atoms with Crippen LogP contribution < -0.4 is 0 Å². The lowest BCUT2D eigenvalue weighted by atomic mass is 9.97. The van der Waals surface area contributed by atoms with Crippen LogP contribution in [0.2, 0.25) is 5.02 Å². The van der Waals surface area contributed by atoms with Gasteiger partial charge in [-0.2, -0.15) is 0 Å². The van der Waals surface area contributed by atoms with Gasteiger partial charge in [-0.1, -0.05) is 25.4 Å². The fraction of sp³-hybridized carbons (Fsp3) is 0.455. The predicted molar refractivity (Wildman–Crippen MR) is 58.0 cm³/mol. The standard InChI is InChI=1S/C11H15ClO2/c1-3-8-4-9(12)5-10(11(8)14)7(2)6-13/h4-5,7,13-14H,3,6H2,1-2H3. The molecule has 1 atom stereocenters. The molecule has 0 heterocycles. The summed E-state index contributed by atoms with van der Waals surface area (Å²) in [5.74, 6) is 0.178. The Morgan fingerprint density at radius 2 is 2.07 bits per heavy atom. The molecule has 0 amide bonds. The number of aromatic hydroxyl groups is 1. The number of benzene rings is 1. The van der Waals surface area contributed by atoms with Gasteiger partial charge in [-0.3, -0.25) is 0 Å². The zero-order chi connectivity index (χ0) is 10.7. The Morgan fingerprint density at radius 3 is 2.57 bits per heavy atom. The summed E-state index contributed by atoms with van der Waals surface area (Å²) < 4.78 is 0. The molecule has 2 N–H and O–H groups in total. The van der Waals surface area contributed by atoms with Crippen molar-refractivity contribution in [2.24, 2.45) is 0 Å². The lowest BCUT2D eigenvalue weighted by Crippen LogP contribution is -2.00. The van der Waals surface area contributed by atoms with Crippen molar-refractivity contribution in [1.82, 2.24) is 0 Å². The normalized spacial score (nSPS) is 12.9. The zero-order valence-corrected chi connectivity index (χ0v) is 9.17. The smallest absolute Gasteiger partial charge is 0.122 e. The maximum Gasteiger partial charge on any atom is 0.122 e. The highest BCUT2D eigenvalue weighted by Crippen LogP contribution is 2.32. The second-order valence-electron chi connectivity index (χ2n) is 3.44. The van der Waals surface area contributed by atoms with Crippen LogP contribution in [-0.2, 0) is 6.42 Å². The van der Waals surface area contributed by atoms with E-state index in [0.29, 0.717) is 5.02 Å². The molecule has 0 aliphatic carbocycles. The molecular weight excluding hydrogens is 200 g/mol. The van der Waals surface area contributed by atoms with E-state index in [1.54, 1.807) is 12.1 Å². The maximum atomic E-state index is 9.85. The van der Waals surface area contributed by atoms with Gasteiger partial charge in [0.1, 0.15) is 5.75 Å².